The monoisotopic (exact) mass is 323 g/mol. The van der Waals surface area contributed by atoms with E-state index < -0.39 is 29.8 Å². The molecule has 0 saturated carbocycles. The summed E-state index contributed by atoms with van der Waals surface area (Å²) in [6, 6.07) is 8.61. The highest BCUT2D eigenvalue weighted by atomic mass is 16.6. The number of methoxy groups -OCH3 is 1. The summed E-state index contributed by atoms with van der Waals surface area (Å²) < 4.78 is 15.6. The van der Waals surface area contributed by atoms with E-state index in [1.807, 2.05) is 30.3 Å². The van der Waals surface area contributed by atoms with Gasteiger partial charge in [0.2, 0.25) is 0 Å². The first kappa shape index (κ1) is 19.0. The molecule has 0 aliphatic heterocycles. The number of nitrogens with one attached hydrogen (secondary N) is 1. The Morgan fingerprint density at radius 3 is 2.30 bits per heavy atom. The molecule has 0 aromatic heterocycles. The second-order valence-corrected chi connectivity index (χ2v) is 6.15. The number of ether oxygens (including phenoxy) is 3. The molecule has 0 bridgehead atoms. The van der Waals surface area contributed by atoms with Crippen molar-refractivity contribution in [2.75, 3.05) is 7.11 Å². The van der Waals surface area contributed by atoms with Crippen molar-refractivity contribution in [2.45, 2.75) is 52.0 Å². The topological polar surface area (TPSA) is 73.9 Å². The van der Waals surface area contributed by atoms with E-state index in [9.17, 15) is 9.59 Å². The van der Waals surface area contributed by atoms with Crippen molar-refractivity contribution in [1.29, 1.82) is 0 Å². The number of carbonyl (C=O) groups excluding carboxylic acids is 2. The zero-order valence-electron chi connectivity index (χ0n) is 14.3. The Kier molecular flexibility index (Phi) is 7.03. The predicted molar refractivity (Wildman–Crippen MR) is 85.9 cm³/mol. The van der Waals surface area contributed by atoms with Crippen molar-refractivity contribution in [2.24, 2.45) is 0 Å². The second kappa shape index (κ2) is 8.53. The van der Waals surface area contributed by atoms with Gasteiger partial charge in [-0.05, 0) is 33.3 Å². The minimum atomic E-state index is -0.946. The van der Waals surface area contributed by atoms with Gasteiger partial charge in [-0.3, -0.25) is 0 Å². The summed E-state index contributed by atoms with van der Waals surface area (Å²) in [5.74, 6) is -0.587. The van der Waals surface area contributed by atoms with Gasteiger partial charge in [0.25, 0.3) is 0 Å². The third-order valence-corrected chi connectivity index (χ3v) is 2.95. The van der Waals surface area contributed by atoms with Crippen LogP contribution in [0.1, 0.15) is 33.3 Å². The van der Waals surface area contributed by atoms with Gasteiger partial charge in [-0.1, -0.05) is 30.3 Å². The van der Waals surface area contributed by atoms with Crippen LogP contribution in [0.4, 0.5) is 4.79 Å². The molecule has 2 unspecified atom stereocenters. The summed E-state index contributed by atoms with van der Waals surface area (Å²) >= 11 is 0. The minimum Gasteiger partial charge on any atom is -0.467 e. The van der Waals surface area contributed by atoms with Gasteiger partial charge in [-0.2, -0.15) is 0 Å². The summed E-state index contributed by atoms with van der Waals surface area (Å²) in [5.41, 5.74) is 0.319. The Labute approximate surface area is 137 Å². The van der Waals surface area contributed by atoms with Crippen molar-refractivity contribution in [3.05, 3.63) is 35.9 Å². The number of alkyl carbamates (subject to hydrolysis) is 1. The lowest BCUT2D eigenvalue weighted by molar-refractivity contribution is -0.147. The van der Waals surface area contributed by atoms with Gasteiger partial charge in [-0.25, -0.2) is 9.59 Å². The highest BCUT2D eigenvalue weighted by molar-refractivity contribution is 5.82. The van der Waals surface area contributed by atoms with Gasteiger partial charge < -0.3 is 19.5 Å². The third kappa shape index (κ3) is 7.15. The molecule has 0 aliphatic rings. The van der Waals surface area contributed by atoms with E-state index in [1.54, 1.807) is 27.7 Å². The molecule has 23 heavy (non-hydrogen) atoms. The fourth-order valence-corrected chi connectivity index (χ4v) is 1.83. The second-order valence-electron chi connectivity index (χ2n) is 6.15. The van der Waals surface area contributed by atoms with Crippen LogP contribution in [0.15, 0.2) is 30.3 Å². The van der Waals surface area contributed by atoms with Crippen molar-refractivity contribution in [3.63, 3.8) is 0 Å². The van der Waals surface area contributed by atoms with Gasteiger partial charge in [0.1, 0.15) is 5.60 Å². The summed E-state index contributed by atoms with van der Waals surface area (Å²) in [4.78, 5) is 23.8. The largest absolute Gasteiger partial charge is 0.467 e. The maximum atomic E-state index is 11.9. The number of rotatable bonds is 6. The predicted octanol–water partition coefficient (Wildman–Crippen LogP) is 2.66. The molecule has 1 aromatic carbocycles. The third-order valence-electron chi connectivity index (χ3n) is 2.95. The molecule has 1 amide bonds. The summed E-state index contributed by atoms with van der Waals surface area (Å²) in [6.07, 6.45) is -1.27. The molecule has 0 fully saturated rings. The maximum Gasteiger partial charge on any atom is 0.408 e. The van der Waals surface area contributed by atoms with Crippen LogP contribution >= 0.6 is 0 Å². The average molecular weight is 323 g/mol. The Hall–Kier alpha value is -2.08. The highest BCUT2D eigenvalue weighted by Crippen LogP contribution is 2.10. The van der Waals surface area contributed by atoms with E-state index in [-0.39, 0.29) is 0 Å². The molecule has 6 nitrogen and oxygen atoms in total. The van der Waals surface area contributed by atoms with E-state index in [1.165, 1.54) is 7.11 Å². The van der Waals surface area contributed by atoms with Crippen LogP contribution in [0.5, 0.6) is 0 Å². The maximum absolute atomic E-state index is 11.9. The molecule has 6 heteroatoms. The van der Waals surface area contributed by atoms with Gasteiger partial charge in [0, 0.05) is 0 Å². The van der Waals surface area contributed by atoms with Crippen molar-refractivity contribution in [3.8, 4) is 0 Å². The Morgan fingerprint density at radius 1 is 1.17 bits per heavy atom. The smallest absolute Gasteiger partial charge is 0.408 e. The van der Waals surface area contributed by atoms with Crippen LogP contribution in [-0.4, -0.2) is 36.9 Å². The number of hydrogen-bond acceptors (Lipinski definition) is 5. The van der Waals surface area contributed by atoms with Gasteiger partial charge in [-0.15, -0.1) is 0 Å². The van der Waals surface area contributed by atoms with Crippen molar-refractivity contribution in [1.82, 2.24) is 5.32 Å². The molecule has 0 radical (unpaired) electrons. The first-order valence-electron chi connectivity index (χ1n) is 7.46. The summed E-state index contributed by atoms with van der Waals surface area (Å²) in [7, 11) is 1.26. The Bertz CT molecular complexity index is 509. The summed E-state index contributed by atoms with van der Waals surface area (Å²) in [6.45, 7) is 7.26. The number of hydrogen-bond donors (Lipinski definition) is 1. The van der Waals surface area contributed by atoms with Crippen LogP contribution in [-0.2, 0) is 25.6 Å². The van der Waals surface area contributed by atoms with Crippen LogP contribution < -0.4 is 5.32 Å². The number of esters is 1. The van der Waals surface area contributed by atoms with Gasteiger partial charge in [0.15, 0.2) is 6.04 Å². The average Bonchev–Trinajstić information content (AvgIpc) is 2.49. The first-order valence-corrected chi connectivity index (χ1v) is 7.46. The lowest BCUT2D eigenvalue weighted by atomic mass is 10.1. The Morgan fingerprint density at radius 2 is 1.78 bits per heavy atom. The van der Waals surface area contributed by atoms with Crippen LogP contribution in [0.2, 0.25) is 0 Å². The number of amides is 1. The molecule has 1 N–H and O–H groups in total. The van der Waals surface area contributed by atoms with Crippen molar-refractivity contribution < 1.29 is 23.8 Å². The molecule has 128 valence electrons. The van der Waals surface area contributed by atoms with E-state index in [0.717, 1.165) is 5.56 Å². The molecular formula is C17H25NO5. The van der Waals surface area contributed by atoms with E-state index in [0.29, 0.717) is 6.61 Å². The molecule has 0 spiro atoms. The van der Waals surface area contributed by atoms with E-state index in [4.69, 9.17) is 14.2 Å². The van der Waals surface area contributed by atoms with E-state index >= 15 is 0 Å². The zero-order chi connectivity index (χ0) is 17.5. The highest BCUT2D eigenvalue weighted by Gasteiger charge is 2.30. The molecule has 0 heterocycles. The SMILES string of the molecule is COC(=O)C(NC(=O)OC(C)(C)C)C(C)OCc1ccccc1. The molecule has 1 aromatic rings. The van der Waals surface area contributed by atoms with Crippen LogP contribution in [0, 0.1) is 0 Å². The first-order chi connectivity index (χ1) is 10.7. The summed E-state index contributed by atoms with van der Waals surface area (Å²) in [5, 5.41) is 2.50. The van der Waals surface area contributed by atoms with E-state index in [2.05, 4.69) is 5.32 Å². The number of carbonyl (C=O) groups is 2. The standard InChI is InChI=1S/C17H25NO5/c1-12(22-11-13-9-7-6-8-10-13)14(15(19)21-5)18-16(20)23-17(2,3)4/h6-10,12,14H,11H2,1-5H3,(H,18,20). The Balaban J connectivity index is 2.65. The molecule has 0 aliphatic carbocycles. The molecular weight excluding hydrogens is 298 g/mol. The fraction of sp³-hybridized carbons (Fsp3) is 0.529. The molecule has 2 atom stereocenters. The van der Waals surface area contributed by atoms with Gasteiger partial charge in [0.05, 0.1) is 19.8 Å². The normalized spacial score (nSPS) is 13.8. The van der Waals surface area contributed by atoms with Crippen molar-refractivity contribution >= 4 is 12.1 Å². The number of benzene rings is 1. The molecule has 1 rings (SSSR count). The van der Waals surface area contributed by atoms with Gasteiger partial charge >= 0.3 is 12.1 Å². The quantitative estimate of drug-likeness (QED) is 0.815. The van der Waals surface area contributed by atoms with Crippen LogP contribution in [0.3, 0.4) is 0 Å². The zero-order valence-corrected chi connectivity index (χ0v) is 14.3. The minimum absolute atomic E-state index is 0.325. The fourth-order valence-electron chi connectivity index (χ4n) is 1.83. The lowest BCUT2D eigenvalue weighted by Crippen LogP contribution is -2.50. The lowest BCUT2D eigenvalue weighted by Gasteiger charge is -2.25. The molecule has 0 saturated heterocycles. The van der Waals surface area contributed by atoms with Crippen LogP contribution in [0.25, 0.3) is 0 Å².